The van der Waals surface area contributed by atoms with Crippen LogP contribution in [0.2, 0.25) is 0 Å². The van der Waals surface area contributed by atoms with Gasteiger partial charge in [-0.25, -0.2) is 0 Å². The Morgan fingerprint density at radius 1 is 1.19 bits per heavy atom. The van der Waals surface area contributed by atoms with Gasteiger partial charge in [-0.3, -0.25) is 0 Å². The van der Waals surface area contributed by atoms with E-state index in [-0.39, 0.29) is 0 Å². The Morgan fingerprint density at radius 3 is 2.56 bits per heavy atom. The second-order valence-electron chi connectivity index (χ2n) is 3.34. The van der Waals surface area contributed by atoms with Gasteiger partial charge in [-0.05, 0) is 24.6 Å². The summed E-state index contributed by atoms with van der Waals surface area (Å²) >= 11 is 0. The molecule has 0 saturated heterocycles. The molecule has 88 valence electrons. The maximum Gasteiger partial charge on any atom is 0.119 e. The average molecular weight is 221 g/mol. The van der Waals surface area contributed by atoms with Crippen LogP contribution in [-0.2, 0) is 11.3 Å². The molecule has 0 radical (unpaired) electrons. The fourth-order valence-electron chi connectivity index (χ4n) is 1.19. The first-order valence-corrected chi connectivity index (χ1v) is 5.47. The minimum Gasteiger partial charge on any atom is -0.491 e. The number of rotatable bonds is 7. The maximum atomic E-state index is 5.50. The molecule has 0 heterocycles. The number of hydrogen-bond donors (Lipinski definition) is 1. The largest absolute Gasteiger partial charge is 0.491 e. The Hall–Kier alpha value is -1.32. The number of ether oxygens (including phenoxy) is 2. The third-order valence-electron chi connectivity index (χ3n) is 2.11. The lowest BCUT2D eigenvalue weighted by atomic mass is 10.2. The molecular formula is C13H19NO2. The van der Waals surface area contributed by atoms with E-state index in [0.717, 1.165) is 11.3 Å². The highest BCUT2D eigenvalue weighted by molar-refractivity contribution is 5.26. The predicted octanol–water partition coefficient (Wildman–Crippen LogP) is 2.12. The molecule has 3 nitrogen and oxygen atoms in total. The van der Waals surface area contributed by atoms with Crippen molar-refractivity contribution in [3.05, 3.63) is 42.0 Å². The molecule has 0 aromatic heterocycles. The third kappa shape index (κ3) is 4.96. The Balaban J connectivity index is 2.16. The van der Waals surface area contributed by atoms with Gasteiger partial charge in [-0.1, -0.05) is 24.3 Å². The van der Waals surface area contributed by atoms with E-state index in [1.807, 2.05) is 43.3 Å². The van der Waals surface area contributed by atoms with E-state index in [1.165, 1.54) is 0 Å². The van der Waals surface area contributed by atoms with Crippen molar-refractivity contribution in [1.82, 2.24) is 0 Å². The zero-order valence-corrected chi connectivity index (χ0v) is 9.69. The van der Waals surface area contributed by atoms with E-state index in [4.69, 9.17) is 15.2 Å². The fraction of sp³-hybridized carbons (Fsp3) is 0.385. The lowest BCUT2D eigenvalue weighted by Crippen LogP contribution is -2.06. The van der Waals surface area contributed by atoms with Crippen LogP contribution in [0.1, 0.15) is 12.5 Å². The summed E-state index contributed by atoms with van der Waals surface area (Å²) in [5.74, 6) is 0.854. The quantitative estimate of drug-likeness (QED) is 0.566. The van der Waals surface area contributed by atoms with Crippen LogP contribution in [0, 0.1) is 0 Å². The summed E-state index contributed by atoms with van der Waals surface area (Å²) in [7, 11) is 0. The van der Waals surface area contributed by atoms with Crippen molar-refractivity contribution in [2.75, 3.05) is 19.8 Å². The van der Waals surface area contributed by atoms with Crippen LogP contribution < -0.4 is 10.5 Å². The van der Waals surface area contributed by atoms with Crippen LogP contribution in [0.15, 0.2) is 36.4 Å². The Morgan fingerprint density at radius 2 is 1.94 bits per heavy atom. The summed E-state index contributed by atoms with van der Waals surface area (Å²) in [6.45, 7) is 4.35. The monoisotopic (exact) mass is 221 g/mol. The van der Waals surface area contributed by atoms with Gasteiger partial charge in [0.2, 0.25) is 0 Å². The smallest absolute Gasteiger partial charge is 0.119 e. The number of hydrogen-bond acceptors (Lipinski definition) is 3. The van der Waals surface area contributed by atoms with Crippen molar-refractivity contribution < 1.29 is 9.47 Å². The molecule has 2 N–H and O–H groups in total. The molecule has 0 fully saturated rings. The molecule has 0 spiro atoms. The standard InChI is InChI=1S/C13H19NO2/c1-2-3-8-15-9-10-16-13-6-4-12(11-14)5-7-13/h2-7H,8-11,14H2,1H3. The zero-order valence-electron chi connectivity index (χ0n) is 9.69. The minimum atomic E-state index is 0.562. The van der Waals surface area contributed by atoms with Crippen LogP contribution in [0.5, 0.6) is 5.75 Å². The molecule has 3 heteroatoms. The molecule has 16 heavy (non-hydrogen) atoms. The van der Waals surface area contributed by atoms with Gasteiger partial charge in [-0.15, -0.1) is 0 Å². The number of nitrogens with two attached hydrogens (primary N) is 1. The summed E-state index contributed by atoms with van der Waals surface area (Å²) in [6.07, 6.45) is 3.93. The molecule has 1 aromatic carbocycles. The average Bonchev–Trinajstić information content (AvgIpc) is 2.34. The van der Waals surface area contributed by atoms with E-state index < -0.39 is 0 Å². The van der Waals surface area contributed by atoms with Crippen molar-refractivity contribution in [3.63, 3.8) is 0 Å². The summed E-state index contributed by atoms with van der Waals surface area (Å²) in [5, 5.41) is 0. The normalized spacial score (nSPS) is 10.9. The molecule has 0 atom stereocenters. The van der Waals surface area contributed by atoms with Crippen molar-refractivity contribution >= 4 is 0 Å². The van der Waals surface area contributed by atoms with E-state index in [0.29, 0.717) is 26.4 Å². The third-order valence-corrected chi connectivity index (χ3v) is 2.11. The number of allylic oxidation sites excluding steroid dienone is 1. The van der Waals surface area contributed by atoms with Gasteiger partial charge in [0.05, 0.1) is 13.2 Å². The van der Waals surface area contributed by atoms with Crippen LogP contribution >= 0.6 is 0 Å². The second-order valence-corrected chi connectivity index (χ2v) is 3.34. The van der Waals surface area contributed by atoms with E-state index in [1.54, 1.807) is 0 Å². The molecule has 0 aliphatic heterocycles. The minimum absolute atomic E-state index is 0.562. The maximum absolute atomic E-state index is 5.50. The number of benzene rings is 1. The van der Waals surface area contributed by atoms with Gasteiger partial charge in [0, 0.05) is 6.54 Å². The van der Waals surface area contributed by atoms with E-state index in [9.17, 15) is 0 Å². The summed E-state index contributed by atoms with van der Waals surface area (Å²) in [5.41, 5.74) is 6.61. The van der Waals surface area contributed by atoms with Crippen molar-refractivity contribution in [3.8, 4) is 5.75 Å². The predicted molar refractivity (Wildman–Crippen MR) is 65.5 cm³/mol. The van der Waals surface area contributed by atoms with E-state index in [2.05, 4.69) is 0 Å². The Bertz CT molecular complexity index is 306. The van der Waals surface area contributed by atoms with Gasteiger partial charge in [0.1, 0.15) is 12.4 Å². The van der Waals surface area contributed by atoms with Crippen molar-refractivity contribution in [1.29, 1.82) is 0 Å². The molecule has 0 saturated carbocycles. The molecule has 0 amide bonds. The molecular weight excluding hydrogens is 202 g/mol. The van der Waals surface area contributed by atoms with Gasteiger partial charge in [0.15, 0.2) is 0 Å². The molecule has 1 aromatic rings. The molecule has 0 aliphatic rings. The molecule has 1 rings (SSSR count). The highest BCUT2D eigenvalue weighted by atomic mass is 16.5. The fourth-order valence-corrected chi connectivity index (χ4v) is 1.19. The Kier molecular flexibility index (Phi) is 6.30. The lowest BCUT2D eigenvalue weighted by Gasteiger charge is -2.06. The first-order chi connectivity index (χ1) is 7.86. The first-order valence-electron chi connectivity index (χ1n) is 5.47. The molecule has 0 bridgehead atoms. The van der Waals surface area contributed by atoms with E-state index >= 15 is 0 Å². The Labute approximate surface area is 96.9 Å². The van der Waals surface area contributed by atoms with Gasteiger partial charge < -0.3 is 15.2 Å². The van der Waals surface area contributed by atoms with Gasteiger partial charge in [0.25, 0.3) is 0 Å². The van der Waals surface area contributed by atoms with Gasteiger partial charge in [-0.2, -0.15) is 0 Å². The van der Waals surface area contributed by atoms with Crippen LogP contribution in [0.3, 0.4) is 0 Å². The highest BCUT2D eigenvalue weighted by Crippen LogP contribution is 2.11. The lowest BCUT2D eigenvalue weighted by molar-refractivity contribution is 0.121. The summed E-state index contributed by atoms with van der Waals surface area (Å²) in [4.78, 5) is 0. The molecule has 0 unspecified atom stereocenters. The SMILES string of the molecule is CC=CCOCCOc1ccc(CN)cc1. The highest BCUT2D eigenvalue weighted by Gasteiger charge is 1.94. The molecule has 0 aliphatic carbocycles. The van der Waals surface area contributed by atoms with Crippen LogP contribution in [0.25, 0.3) is 0 Å². The summed E-state index contributed by atoms with van der Waals surface area (Å²) < 4.78 is 10.8. The van der Waals surface area contributed by atoms with Crippen molar-refractivity contribution in [2.45, 2.75) is 13.5 Å². The van der Waals surface area contributed by atoms with Crippen LogP contribution in [0.4, 0.5) is 0 Å². The zero-order chi connectivity index (χ0) is 11.6. The van der Waals surface area contributed by atoms with Crippen LogP contribution in [-0.4, -0.2) is 19.8 Å². The first kappa shape index (κ1) is 12.7. The van der Waals surface area contributed by atoms with Gasteiger partial charge >= 0.3 is 0 Å². The topological polar surface area (TPSA) is 44.5 Å². The second kappa shape index (κ2) is 7.91. The summed E-state index contributed by atoms with van der Waals surface area (Å²) in [6, 6.07) is 7.79. The van der Waals surface area contributed by atoms with Crippen molar-refractivity contribution in [2.24, 2.45) is 5.73 Å².